The van der Waals surface area contributed by atoms with Crippen LogP contribution in [0.4, 0.5) is 5.69 Å². The van der Waals surface area contributed by atoms with Gasteiger partial charge in [-0.15, -0.1) is 0 Å². The van der Waals surface area contributed by atoms with Crippen molar-refractivity contribution in [1.82, 2.24) is 4.98 Å². The Hall–Kier alpha value is -2.91. The van der Waals surface area contributed by atoms with E-state index in [1.165, 1.54) is 0 Å². The smallest absolute Gasteiger partial charge is 0.227 e. The van der Waals surface area contributed by atoms with Gasteiger partial charge in [-0.25, -0.2) is 4.98 Å². The minimum Gasteiger partial charge on any atom is -0.436 e. The van der Waals surface area contributed by atoms with Gasteiger partial charge < -0.3 is 4.42 Å². The Bertz CT molecular complexity index is 1060. The number of rotatable bonds is 3. The second-order valence-corrected chi connectivity index (χ2v) is 6.24. The van der Waals surface area contributed by atoms with Gasteiger partial charge in [0, 0.05) is 16.8 Å². The molecule has 25 heavy (non-hydrogen) atoms. The predicted octanol–water partition coefficient (Wildman–Crippen LogP) is 6.21. The lowest BCUT2D eigenvalue weighted by Gasteiger charge is -1.98. The number of oxazole rings is 1. The zero-order valence-electron chi connectivity index (χ0n) is 13.6. The Labute approximate surface area is 150 Å². The molecule has 122 valence electrons. The van der Waals surface area contributed by atoms with Gasteiger partial charge in [0.2, 0.25) is 5.89 Å². The summed E-state index contributed by atoms with van der Waals surface area (Å²) in [5.41, 5.74) is 5.53. The summed E-state index contributed by atoms with van der Waals surface area (Å²) >= 11 is 5.90. The van der Waals surface area contributed by atoms with E-state index >= 15 is 0 Å². The minimum absolute atomic E-state index is 0.604. The number of fused-ring (bicyclic) bond motifs is 1. The standard InChI is InChI=1S/C21H15ClN2O/c1-14-4-2-7-19-20(14)24-21(25-19)16-5-3-6-18(12-16)23-13-15-8-10-17(22)11-9-15/h2-13H,1H3. The lowest BCUT2D eigenvalue weighted by Crippen LogP contribution is -1.80. The van der Waals surface area contributed by atoms with Crippen molar-refractivity contribution >= 4 is 34.6 Å². The van der Waals surface area contributed by atoms with Crippen molar-refractivity contribution in [2.24, 2.45) is 4.99 Å². The molecule has 0 aliphatic carbocycles. The van der Waals surface area contributed by atoms with Crippen molar-refractivity contribution < 1.29 is 4.42 Å². The van der Waals surface area contributed by atoms with Gasteiger partial charge in [-0.1, -0.05) is 41.9 Å². The van der Waals surface area contributed by atoms with Crippen LogP contribution in [0.15, 0.2) is 76.1 Å². The van der Waals surface area contributed by atoms with Crippen LogP contribution >= 0.6 is 11.6 Å². The number of aliphatic imine (C=N–C) groups is 1. The van der Waals surface area contributed by atoms with Gasteiger partial charge in [-0.2, -0.15) is 0 Å². The number of hydrogen-bond donors (Lipinski definition) is 0. The summed E-state index contributed by atoms with van der Waals surface area (Å²) in [7, 11) is 0. The first-order valence-corrected chi connectivity index (χ1v) is 8.33. The van der Waals surface area contributed by atoms with Gasteiger partial charge in [-0.3, -0.25) is 4.99 Å². The maximum Gasteiger partial charge on any atom is 0.227 e. The quantitative estimate of drug-likeness (QED) is 0.414. The molecular formula is C21H15ClN2O. The Morgan fingerprint density at radius 1 is 1.00 bits per heavy atom. The van der Waals surface area contributed by atoms with Gasteiger partial charge in [0.05, 0.1) is 5.69 Å². The highest BCUT2D eigenvalue weighted by molar-refractivity contribution is 6.30. The molecule has 0 saturated heterocycles. The number of para-hydroxylation sites is 1. The number of benzene rings is 3. The molecule has 0 unspecified atom stereocenters. The van der Waals surface area contributed by atoms with E-state index in [4.69, 9.17) is 16.0 Å². The Morgan fingerprint density at radius 2 is 1.80 bits per heavy atom. The number of aromatic nitrogens is 1. The fraction of sp³-hybridized carbons (Fsp3) is 0.0476. The van der Waals surface area contributed by atoms with Crippen molar-refractivity contribution in [1.29, 1.82) is 0 Å². The molecule has 0 radical (unpaired) electrons. The predicted molar refractivity (Wildman–Crippen MR) is 103 cm³/mol. The second kappa shape index (κ2) is 6.54. The number of hydrogen-bond acceptors (Lipinski definition) is 3. The van der Waals surface area contributed by atoms with Crippen molar-refractivity contribution in [3.63, 3.8) is 0 Å². The Morgan fingerprint density at radius 3 is 2.60 bits per heavy atom. The molecule has 4 heteroatoms. The molecule has 4 aromatic rings. The first-order valence-electron chi connectivity index (χ1n) is 7.95. The van der Waals surface area contributed by atoms with E-state index in [1.54, 1.807) is 0 Å². The first kappa shape index (κ1) is 15.6. The number of halogens is 1. The SMILES string of the molecule is Cc1cccc2oc(-c3cccc(N=Cc4ccc(Cl)cc4)c3)nc12. The van der Waals surface area contributed by atoms with Gasteiger partial charge >= 0.3 is 0 Å². The average Bonchev–Trinajstić information content (AvgIpc) is 3.07. The summed E-state index contributed by atoms with van der Waals surface area (Å²) in [4.78, 5) is 9.14. The first-order chi connectivity index (χ1) is 12.2. The molecule has 0 saturated carbocycles. The summed E-state index contributed by atoms with van der Waals surface area (Å²) in [6, 6.07) is 21.3. The van der Waals surface area contributed by atoms with Crippen molar-refractivity contribution in [2.75, 3.05) is 0 Å². The van der Waals surface area contributed by atoms with Gasteiger partial charge in [0.15, 0.2) is 5.58 Å². The Balaban J connectivity index is 1.66. The third kappa shape index (κ3) is 3.32. The maximum absolute atomic E-state index is 5.90. The normalized spacial score (nSPS) is 11.4. The van der Waals surface area contributed by atoms with Gasteiger partial charge in [0.1, 0.15) is 5.52 Å². The van der Waals surface area contributed by atoms with E-state index in [9.17, 15) is 0 Å². The zero-order valence-corrected chi connectivity index (χ0v) is 14.4. The summed E-state index contributed by atoms with van der Waals surface area (Å²) < 4.78 is 5.89. The minimum atomic E-state index is 0.604. The van der Waals surface area contributed by atoms with Crippen LogP contribution in [0, 0.1) is 6.92 Å². The number of aryl methyl sites for hydroxylation is 1. The molecule has 1 heterocycles. The van der Waals surface area contributed by atoms with Crippen LogP contribution in [0.25, 0.3) is 22.6 Å². The molecule has 4 rings (SSSR count). The van der Waals surface area contributed by atoms with Crippen molar-refractivity contribution in [3.8, 4) is 11.5 Å². The van der Waals surface area contributed by atoms with E-state index < -0.39 is 0 Å². The van der Waals surface area contributed by atoms with Crippen LogP contribution < -0.4 is 0 Å². The molecule has 0 aliphatic heterocycles. The second-order valence-electron chi connectivity index (χ2n) is 5.80. The van der Waals surface area contributed by atoms with Crippen LogP contribution in [-0.4, -0.2) is 11.2 Å². The van der Waals surface area contributed by atoms with E-state index in [2.05, 4.69) is 9.98 Å². The zero-order chi connectivity index (χ0) is 17.2. The van der Waals surface area contributed by atoms with Crippen LogP contribution in [0.2, 0.25) is 5.02 Å². The highest BCUT2D eigenvalue weighted by Gasteiger charge is 2.09. The van der Waals surface area contributed by atoms with Crippen LogP contribution in [0.5, 0.6) is 0 Å². The third-order valence-corrected chi connectivity index (χ3v) is 4.20. The monoisotopic (exact) mass is 346 g/mol. The van der Waals surface area contributed by atoms with Crippen LogP contribution in [-0.2, 0) is 0 Å². The largest absolute Gasteiger partial charge is 0.436 e. The maximum atomic E-state index is 5.90. The topological polar surface area (TPSA) is 38.4 Å². The van der Waals surface area contributed by atoms with E-state index in [0.29, 0.717) is 10.9 Å². The molecule has 3 aromatic carbocycles. The summed E-state index contributed by atoms with van der Waals surface area (Å²) in [6.07, 6.45) is 1.81. The van der Waals surface area contributed by atoms with Crippen molar-refractivity contribution in [3.05, 3.63) is 82.9 Å². The molecule has 0 N–H and O–H groups in total. The molecule has 0 fully saturated rings. The lowest BCUT2D eigenvalue weighted by atomic mass is 10.2. The van der Waals surface area contributed by atoms with Gasteiger partial charge in [-0.05, 0) is 54.4 Å². The molecule has 0 bridgehead atoms. The molecule has 3 nitrogen and oxygen atoms in total. The summed E-state index contributed by atoms with van der Waals surface area (Å²) in [6.45, 7) is 2.03. The summed E-state index contributed by atoms with van der Waals surface area (Å²) in [5, 5.41) is 0.713. The molecule has 0 aliphatic rings. The molecule has 0 spiro atoms. The van der Waals surface area contributed by atoms with E-state index in [-0.39, 0.29) is 0 Å². The van der Waals surface area contributed by atoms with E-state index in [1.807, 2.05) is 79.9 Å². The lowest BCUT2D eigenvalue weighted by molar-refractivity contribution is 0.620. The molecule has 0 atom stereocenters. The Kier molecular flexibility index (Phi) is 4.08. The highest BCUT2D eigenvalue weighted by Crippen LogP contribution is 2.28. The fourth-order valence-electron chi connectivity index (χ4n) is 2.63. The molecule has 0 amide bonds. The number of nitrogens with zero attached hydrogens (tertiary/aromatic N) is 2. The van der Waals surface area contributed by atoms with Crippen LogP contribution in [0.3, 0.4) is 0 Å². The van der Waals surface area contributed by atoms with Crippen LogP contribution in [0.1, 0.15) is 11.1 Å². The molecule has 1 aromatic heterocycles. The van der Waals surface area contributed by atoms with Gasteiger partial charge in [0.25, 0.3) is 0 Å². The summed E-state index contributed by atoms with van der Waals surface area (Å²) in [5.74, 6) is 0.604. The third-order valence-electron chi connectivity index (χ3n) is 3.95. The van der Waals surface area contributed by atoms with E-state index in [0.717, 1.165) is 33.5 Å². The average molecular weight is 347 g/mol. The molecular weight excluding hydrogens is 332 g/mol. The highest BCUT2D eigenvalue weighted by atomic mass is 35.5. The fourth-order valence-corrected chi connectivity index (χ4v) is 2.75. The van der Waals surface area contributed by atoms with Crippen molar-refractivity contribution in [2.45, 2.75) is 6.92 Å².